The van der Waals surface area contributed by atoms with E-state index in [1.54, 1.807) is 13.8 Å². The van der Waals surface area contributed by atoms with E-state index < -0.39 is 52.2 Å². The summed E-state index contributed by atoms with van der Waals surface area (Å²) in [5, 5.41) is 13.7. The molecule has 10 nitrogen and oxygen atoms in total. The van der Waals surface area contributed by atoms with Crippen LogP contribution in [0.25, 0.3) is 0 Å². The summed E-state index contributed by atoms with van der Waals surface area (Å²) in [5.41, 5.74) is -1.48. The second kappa shape index (κ2) is 10.6. The second-order valence-corrected chi connectivity index (χ2v) is 7.64. The van der Waals surface area contributed by atoms with Crippen molar-refractivity contribution in [3.05, 3.63) is 56.4 Å². The number of ether oxygens (including phenoxy) is 2. The summed E-state index contributed by atoms with van der Waals surface area (Å²) < 4.78 is 48.7. The number of benzene rings is 1. The Morgan fingerprint density at radius 3 is 2.37 bits per heavy atom. The van der Waals surface area contributed by atoms with Crippen LogP contribution in [0.5, 0.6) is 0 Å². The van der Waals surface area contributed by atoms with E-state index in [4.69, 9.17) is 9.47 Å². The number of carbonyl (C=O) groups is 3. The van der Waals surface area contributed by atoms with Gasteiger partial charge in [-0.05, 0) is 52.3 Å². The van der Waals surface area contributed by atoms with Crippen LogP contribution in [0.15, 0.2) is 18.2 Å². The zero-order chi connectivity index (χ0) is 26.7. The number of hydrogen-bond acceptors (Lipinski definition) is 8. The van der Waals surface area contributed by atoms with Crippen molar-refractivity contribution in [3.8, 4) is 0 Å². The molecule has 0 fully saturated rings. The number of nitrogens with zero attached hydrogens (tertiary/aromatic N) is 1. The smallest absolute Gasteiger partial charge is 0.416 e. The first-order valence-electron chi connectivity index (χ1n) is 10.4. The molecule has 0 bridgehead atoms. The fourth-order valence-electron chi connectivity index (χ4n) is 3.31. The number of esters is 2. The molecule has 0 saturated heterocycles. The van der Waals surface area contributed by atoms with Crippen molar-refractivity contribution in [2.45, 2.75) is 52.9 Å². The van der Waals surface area contributed by atoms with E-state index in [9.17, 15) is 37.7 Å². The maximum absolute atomic E-state index is 12.9. The number of hydrogen-bond donors (Lipinski definition) is 2. The largest absolute Gasteiger partial charge is 0.462 e. The molecule has 2 aromatic rings. The molecule has 0 amide bonds. The lowest BCUT2D eigenvalue weighted by Gasteiger charge is -2.18. The first-order valence-corrected chi connectivity index (χ1v) is 10.4. The van der Waals surface area contributed by atoms with E-state index in [1.165, 1.54) is 20.8 Å². The van der Waals surface area contributed by atoms with Gasteiger partial charge in [-0.25, -0.2) is 9.59 Å². The van der Waals surface area contributed by atoms with Gasteiger partial charge in [0, 0.05) is 11.8 Å². The van der Waals surface area contributed by atoms with Crippen LogP contribution in [0, 0.1) is 24.0 Å². The van der Waals surface area contributed by atoms with Crippen molar-refractivity contribution in [1.29, 1.82) is 0 Å². The summed E-state index contributed by atoms with van der Waals surface area (Å²) in [6.45, 7) is 7.46. The highest BCUT2D eigenvalue weighted by atomic mass is 19.4. The lowest BCUT2D eigenvalue weighted by atomic mass is 10.1. The van der Waals surface area contributed by atoms with Gasteiger partial charge in [0.05, 0.1) is 28.4 Å². The summed E-state index contributed by atoms with van der Waals surface area (Å²) in [6.07, 6.45) is -6.09. The van der Waals surface area contributed by atoms with Gasteiger partial charge in [-0.1, -0.05) is 0 Å². The Labute approximate surface area is 197 Å². The number of nitro benzene ring substituents is 1. The lowest BCUT2D eigenvalue weighted by Crippen LogP contribution is -2.34. The minimum absolute atomic E-state index is 0.0462. The molecule has 2 atom stereocenters. The van der Waals surface area contributed by atoms with Crippen molar-refractivity contribution in [2.24, 2.45) is 0 Å². The monoisotopic (exact) mass is 499 g/mol. The highest BCUT2D eigenvalue weighted by molar-refractivity contribution is 6.04. The zero-order valence-corrected chi connectivity index (χ0v) is 19.5. The molecular formula is C22H24F3N3O7. The summed E-state index contributed by atoms with van der Waals surface area (Å²) in [4.78, 5) is 50.4. The van der Waals surface area contributed by atoms with Crippen LogP contribution in [0.4, 0.5) is 24.5 Å². The lowest BCUT2D eigenvalue weighted by molar-refractivity contribution is -0.384. The summed E-state index contributed by atoms with van der Waals surface area (Å²) in [6, 6.07) is 0.574. The first-order chi connectivity index (χ1) is 16.2. The van der Waals surface area contributed by atoms with Gasteiger partial charge in [-0.2, -0.15) is 13.2 Å². The van der Waals surface area contributed by atoms with Crippen LogP contribution in [0.3, 0.4) is 0 Å². The predicted octanol–water partition coefficient (Wildman–Crippen LogP) is 4.35. The highest BCUT2D eigenvalue weighted by Gasteiger charge is 2.34. The molecule has 0 spiro atoms. The molecule has 35 heavy (non-hydrogen) atoms. The molecule has 0 unspecified atom stereocenters. The van der Waals surface area contributed by atoms with E-state index >= 15 is 0 Å². The average molecular weight is 499 g/mol. The van der Waals surface area contributed by atoms with Crippen LogP contribution in [-0.4, -0.2) is 46.4 Å². The van der Waals surface area contributed by atoms with Crippen molar-refractivity contribution in [2.75, 3.05) is 11.9 Å². The van der Waals surface area contributed by atoms with E-state index in [2.05, 4.69) is 10.3 Å². The summed E-state index contributed by atoms with van der Waals surface area (Å²) >= 11 is 0. The Bertz CT molecular complexity index is 1160. The Kier molecular flexibility index (Phi) is 8.26. The standard InChI is InChI=1S/C22H24F3N3O7/c1-6-34-21(31)17-10(2)18(27-11(17)3)19(29)13(5)35-20(30)12(4)26-15-8-7-14(22(23,24)25)9-16(15)28(32)33/h7-9,12-13,26-27H,6H2,1-5H3/t12-,13-/m0/s1. The normalized spacial score (nSPS) is 13.0. The Balaban J connectivity index is 2.16. The van der Waals surface area contributed by atoms with E-state index in [0.717, 1.165) is 6.07 Å². The van der Waals surface area contributed by atoms with Crippen LogP contribution in [0.1, 0.15) is 58.4 Å². The number of Topliss-reactive ketones (excluding diaryl/α,β-unsaturated/α-hetero) is 1. The maximum Gasteiger partial charge on any atom is 0.416 e. The number of anilines is 1. The van der Waals surface area contributed by atoms with E-state index in [1.807, 2.05) is 0 Å². The van der Waals surface area contributed by atoms with Gasteiger partial charge in [0.2, 0.25) is 5.78 Å². The molecular weight excluding hydrogens is 475 g/mol. The minimum Gasteiger partial charge on any atom is -0.462 e. The van der Waals surface area contributed by atoms with Crippen LogP contribution in [-0.2, 0) is 20.4 Å². The SMILES string of the molecule is CCOC(=O)c1c(C)[nH]c(C(=O)[C@H](C)OC(=O)[C@H](C)Nc2ccc(C(F)(F)F)cc2[N+](=O)[O-])c1C. The van der Waals surface area contributed by atoms with Crippen LogP contribution in [0.2, 0.25) is 0 Å². The van der Waals surface area contributed by atoms with E-state index in [0.29, 0.717) is 23.4 Å². The van der Waals surface area contributed by atoms with Crippen molar-refractivity contribution >= 4 is 29.1 Å². The molecule has 1 heterocycles. The van der Waals surface area contributed by atoms with Gasteiger partial charge in [0.1, 0.15) is 11.7 Å². The number of aryl methyl sites for hydroxylation is 1. The number of halogens is 3. The molecule has 13 heteroatoms. The van der Waals surface area contributed by atoms with Gasteiger partial charge in [0.15, 0.2) is 6.10 Å². The number of alkyl halides is 3. The van der Waals surface area contributed by atoms with Gasteiger partial charge in [0.25, 0.3) is 5.69 Å². The second-order valence-electron chi connectivity index (χ2n) is 7.64. The third-order valence-corrected chi connectivity index (χ3v) is 5.07. The Morgan fingerprint density at radius 1 is 1.20 bits per heavy atom. The van der Waals surface area contributed by atoms with E-state index in [-0.39, 0.29) is 23.6 Å². The third kappa shape index (κ3) is 6.16. The Hall–Kier alpha value is -3.90. The minimum atomic E-state index is -4.79. The number of rotatable bonds is 9. The Morgan fingerprint density at radius 2 is 1.83 bits per heavy atom. The molecule has 0 aliphatic rings. The number of ketones is 1. The molecule has 1 aromatic carbocycles. The summed E-state index contributed by atoms with van der Waals surface area (Å²) in [5.74, 6) is -2.23. The fourth-order valence-corrected chi connectivity index (χ4v) is 3.31. The van der Waals surface area contributed by atoms with Gasteiger partial charge >= 0.3 is 18.1 Å². The number of H-pyrrole nitrogens is 1. The van der Waals surface area contributed by atoms with Crippen LogP contribution < -0.4 is 5.32 Å². The molecule has 1 aromatic heterocycles. The number of carbonyl (C=O) groups excluding carboxylic acids is 3. The molecule has 190 valence electrons. The van der Waals surface area contributed by atoms with Crippen molar-refractivity contribution in [3.63, 3.8) is 0 Å². The molecule has 2 N–H and O–H groups in total. The topological polar surface area (TPSA) is 141 Å². The summed E-state index contributed by atoms with van der Waals surface area (Å²) in [7, 11) is 0. The average Bonchev–Trinajstić information content (AvgIpc) is 3.06. The van der Waals surface area contributed by atoms with Crippen molar-refractivity contribution in [1.82, 2.24) is 4.98 Å². The number of nitrogens with one attached hydrogen (secondary N) is 2. The molecule has 2 rings (SSSR count). The molecule has 0 radical (unpaired) electrons. The van der Waals surface area contributed by atoms with Gasteiger partial charge in [-0.15, -0.1) is 0 Å². The predicted molar refractivity (Wildman–Crippen MR) is 117 cm³/mol. The molecule has 0 saturated carbocycles. The fraction of sp³-hybridized carbons (Fsp3) is 0.409. The zero-order valence-electron chi connectivity index (χ0n) is 19.5. The third-order valence-electron chi connectivity index (χ3n) is 5.07. The number of aromatic amines is 1. The molecule has 0 aliphatic carbocycles. The van der Waals surface area contributed by atoms with Crippen molar-refractivity contribution < 1.29 is 42.0 Å². The van der Waals surface area contributed by atoms with Gasteiger partial charge < -0.3 is 19.8 Å². The maximum atomic E-state index is 12.9. The van der Waals surface area contributed by atoms with Crippen LogP contribution >= 0.6 is 0 Å². The van der Waals surface area contributed by atoms with Gasteiger partial charge in [-0.3, -0.25) is 14.9 Å². The first kappa shape index (κ1) is 27.3. The highest BCUT2D eigenvalue weighted by Crippen LogP contribution is 2.35. The quantitative estimate of drug-likeness (QED) is 0.225. The number of nitro groups is 1. The number of aromatic nitrogens is 1. The molecule has 0 aliphatic heterocycles.